The number of carbonyl (C=O) groups excluding carboxylic acids is 2. The Morgan fingerprint density at radius 1 is 0.500 bits per heavy atom. The molecule has 0 radical (unpaired) electrons. The largest absolute Gasteiger partial charge is 0.472 e. The lowest BCUT2D eigenvalue weighted by Gasteiger charge is -2.19. The molecule has 0 fully saturated rings. The molecule has 60 heavy (non-hydrogen) atoms. The minimum atomic E-state index is -4.38. The van der Waals surface area contributed by atoms with Gasteiger partial charge in [0.15, 0.2) is 6.10 Å². The summed E-state index contributed by atoms with van der Waals surface area (Å²) in [6.07, 6.45) is 52.2. The molecule has 9 nitrogen and oxygen atoms in total. The fourth-order valence-corrected chi connectivity index (χ4v) is 8.08. The molecule has 10 heteroatoms. The van der Waals surface area contributed by atoms with Crippen molar-refractivity contribution in [1.29, 1.82) is 0 Å². The van der Waals surface area contributed by atoms with E-state index < -0.39 is 26.5 Å². The van der Waals surface area contributed by atoms with Gasteiger partial charge in [0.25, 0.3) is 0 Å². The highest BCUT2D eigenvalue weighted by molar-refractivity contribution is 7.47. The van der Waals surface area contributed by atoms with Gasteiger partial charge in [-0.05, 0) is 44.9 Å². The fourth-order valence-electron chi connectivity index (χ4n) is 7.31. The van der Waals surface area contributed by atoms with E-state index >= 15 is 0 Å². The van der Waals surface area contributed by atoms with Crippen LogP contribution in [-0.2, 0) is 32.7 Å². The first-order valence-corrected chi connectivity index (χ1v) is 26.8. The van der Waals surface area contributed by atoms with Crippen LogP contribution in [0, 0.1) is 0 Å². The van der Waals surface area contributed by atoms with Crippen molar-refractivity contribution in [1.82, 2.24) is 0 Å². The summed E-state index contributed by atoms with van der Waals surface area (Å²) < 4.78 is 32.9. The smallest absolute Gasteiger partial charge is 0.462 e. The molecular formula is C50H96NO8P. The molecular weight excluding hydrogens is 774 g/mol. The van der Waals surface area contributed by atoms with Crippen LogP contribution in [0.25, 0.3) is 0 Å². The predicted molar refractivity (Wildman–Crippen MR) is 252 cm³/mol. The molecule has 0 aromatic carbocycles. The van der Waals surface area contributed by atoms with E-state index in [1.807, 2.05) is 0 Å². The van der Waals surface area contributed by atoms with Crippen molar-refractivity contribution in [2.24, 2.45) is 5.73 Å². The Morgan fingerprint density at radius 3 is 1.28 bits per heavy atom. The molecule has 0 saturated heterocycles. The van der Waals surface area contributed by atoms with E-state index in [1.165, 1.54) is 161 Å². The second-order valence-electron chi connectivity index (χ2n) is 17.0. The van der Waals surface area contributed by atoms with Crippen LogP contribution in [-0.4, -0.2) is 49.3 Å². The van der Waals surface area contributed by atoms with E-state index in [0.29, 0.717) is 6.42 Å². The normalized spacial score (nSPS) is 13.3. The molecule has 2 unspecified atom stereocenters. The first-order chi connectivity index (χ1) is 29.3. The van der Waals surface area contributed by atoms with Crippen molar-refractivity contribution in [3.63, 3.8) is 0 Å². The average molecular weight is 870 g/mol. The second-order valence-corrected chi connectivity index (χ2v) is 18.5. The molecule has 354 valence electrons. The van der Waals surface area contributed by atoms with Gasteiger partial charge in [-0.15, -0.1) is 0 Å². The predicted octanol–water partition coefficient (Wildman–Crippen LogP) is 15.1. The van der Waals surface area contributed by atoms with Crippen LogP contribution >= 0.6 is 7.82 Å². The van der Waals surface area contributed by atoms with Gasteiger partial charge in [-0.1, -0.05) is 218 Å². The van der Waals surface area contributed by atoms with Crippen molar-refractivity contribution in [3.8, 4) is 0 Å². The van der Waals surface area contributed by atoms with Gasteiger partial charge in [-0.3, -0.25) is 18.6 Å². The lowest BCUT2D eigenvalue weighted by Crippen LogP contribution is -2.29. The molecule has 0 aliphatic carbocycles. The van der Waals surface area contributed by atoms with Crippen molar-refractivity contribution in [2.75, 3.05) is 26.4 Å². The van der Waals surface area contributed by atoms with Gasteiger partial charge < -0.3 is 20.1 Å². The Bertz CT molecular complexity index is 1040. The number of allylic oxidation sites excluding steroid dienone is 4. The zero-order valence-corrected chi connectivity index (χ0v) is 40.1. The molecule has 0 rings (SSSR count). The molecule has 0 bridgehead atoms. The maximum absolute atomic E-state index is 12.6. The Labute approximate surface area is 370 Å². The third-order valence-electron chi connectivity index (χ3n) is 11.1. The lowest BCUT2D eigenvalue weighted by atomic mass is 10.0. The summed E-state index contributed by atoms with van der Waals surface area (Å²) in [5.41, 5.74) is 5.36. The molecule has 0 aromatic rings. The summed E-state index contributed by atoms with van der Waals surface area (Å²) in [4.78, 5) is 35.0. The number of esters is 2. The van der Waals surface area contributed by atoms with Gasteiger partial charge in [0, 0.05) is 19.4 Å². The SMILES string of the molecule is CCCCCC/C=C\C/C=C\CCCCCCCC(=O)OC(COC(=O)CCCCCCCCCCCCCCCCCCCCCCCCC)COP(=O)(O)OCCN. The highest BCUT2D eigenvalue weighted by Crippen LogP contribution is 2.43. The number of phosphoric acid groups is 1. The van der Waals surface area contributed by atoms with E-state index in [-0.39, 0.29) is 38.6 Å². The van der Waals surface area contributed by atoms with Crippen LogP contribution in [0.4, 0.5) is 0 Å². The standard InChI is InChI=1S/C50H96NO8P/c1-3-5-7-9-11-13-15-17-19-21-22-23-24-25-26-27-29-30-32-34-36-38-40-42-49(52)56-46-48(47-58-60(54,55)57-45-44-51)59-50(53)43-41-39-37-35-33-31-28-20-18-16-14-12-10-8-6-4-2/h14,16,20,28,48H,3-13,15,17-19,21-27,29-47,51H2,1-2H3,(H,54,55)/b16-14-,28-20-. The maximum atomic E-state index is 12.6. The second kappa shape index (κ2) is 47.0. The summed E-state index contributed by atoms with van der Waals surface area (Å²) in [5, 5.41) is 0. The monoisotopic (exact) mass is 870 g/mol. The van der Waals surface area contributed by atoms with Crippen LogP contribution in [0.2, 0.25) is 0 Å². The van der Waals surface area contributed by atoms with E-state index in [4.69, 9.17) is 24.3 Å². The number of carbonyl (C=O) groups is 2. The summed E-state index contributed by atoms with van der Waals surface area (Å²) in [6.45, 7) is 3.74. The van der Waals surface area contributed by atoms with E-state index in [2.05, 4.69) is 38.2 Å². The Morgan fingerprint density at radius 2 is 0.867 bits per heavy atom. The number of hydrogen-bond acceptors (Lipinski definition) is 8. The maximum Gasteiger partial charge on any atom is 0.472 e. The highest BCUT2D eigenvalue weighted by Gasteiger charge is 2.26. The average Bonchev–Trinajstić information content (AvgIpc) is 3.24. The molecule has 0 spiro atoms. The third kappa shape index (κ3) is 46.0. The molecule has 0 aromatic heterocycles. The summed E-state index contributed by atoms with van der Waals surface area (Å²) >= 11 is 0. The third-order valence-corrected chi connectivity index (χ3v) is 12.1. The molecule has 0 saturated carbocycles. The molecule has 3 N–H and O–H groups in total. The van der Waals surface area contributed by atoms with Crippen LogP contribution in [0.5, 0.6) is 0 Å². The van der Waals surface area contributed by atoms with Crippen LogP contribution in [0.3, 0.4) is 0 Å². The topological polar surface area (TPSA) is 134 Å². The van der Waals surface area contributed by atoms with Crippen molar-refractivity contribution in [3.05, 3.63) is 24.3 Å². The quantitative estimate of drug-likeness (QED) is 0.0265. The zero-order chi connectivity index (χ0) is 43.9. The first-order valence-electron chi connectivity index (χ1n) is 25.3. The first kappa shape index (κ1) is 58.5. The molecule has 2 atom stereocenters. The van der Waals surface area contributed by atoms with Crippen LogP contribution in [0.1, 0.15) is 251 Å². The Balaban J connectivity index is 4.00. The van der Waals surface area contributed by atoms with E-state index in [9.17, 15) is 19.0 Å². The lowest BCUT2D eigenvalue weighted by molar-refractivity contribution is -0.161. The van der Waals surface area contributed by atoms with Gasteiger partial charge in [-0.2, -0.15) is 0 Å². The Kier molecular flexibility index (Phi) is 45.8. The van der Waals surface area contributed by atoms with Crippen molar-refractivity contribution < 1.29 is 37.6 Å². The zero-order valence-electron chi connectivity index (χ0n) is 39.2. The van der Waals surface area contributed by atoms with Gasteiger partial charge in [0.1, 0.15) is 6.61 Å². The van der Waals surface area contributed by atoms with Crippen LogP contribution < -0.4 is 5.73 Å². The summed E-state index contributed by atoms with van der Waals surface area (Å²) in [5.74, 6) is -0.832. The van der Waals surface area contributed by atoms with Crippen molar-refractivity contribution >= 4 is 19.8 Å². The van der Waals surface area contributed by atoms with Gasteiger partial charge >= 0.3 is 19.8 Å². The molecule has 0 aliphatic rings. The highest BCUT2D eigenvalue weighted by atomic mass is 31.2. The van der Waals surface area contributed by atoms with Gasteiger partial charge in [-0.25, -0.2) is 4.57 Å². The van der Waals surface area contributed by atoms with Gasteiger partial charge in [0.05, 0.1) is 13.2 Å². The fraction of sp³-hybridized carbons (Fsp3) is 0.880. The summed E-state index contributed by atoms with van der Waals surface area (Å²) in [6, 6.07) is 0. The molecule has 0 heterocycles. The van der Waals surface area contributed by atoms with Crippen molar-refractivity contribution in [2.45, 2.75) is 258 Å². The number of rotatable bonds is 48. The molecule has 0 amide bonds. The minimum Gasteiger partial charge on any atom is -0.462 e. The van der Waals surface area contributed by atoms with E-state index in [1.54, 1.807) is 0 Å². The van der Waals surface area contributed by atoms with E-state index in [0.717, 1.165) is 57.8 Å². The number of ether oxygens (including phenoxy) is 2. The minimum absolute atomic E-state index is 0.0527. The Hall–Kier alpha value is -1.51. The number of unbranched alkanes of at least 4 members (excludes halogenated alkanes) is 31. The number of phosphoric ester groups is 1. The summed E-state index contributed by atoms with van der Waals surface area (Å²) in [7, 11) is -4.38. The van der Waals surface area contributed by atoms with Crippen LogP contribution in [0.15, 0.2) is 24.3 Å². The van der Waals surface area contributed by atoms with Gasteiger partial charge in [0.2, 0.25) is 0 Å². The number of nitrogens with two attached hydrogens (primary N) is 1. The number of hydrogen-bond donors (Lipinski definition) is 2. The molecule has 0 aliphatic heterocycles.